The Hall–Kier alpha value is -1.52. The predicted molar refractivity (Wildman–Crippen MR) is 80.7 cm³/mol. The SMILES string of the molecule is c1cc2cc(OC3CCOC4(CCOCC4)C3)ccc2[nH]1. The van der Waals surface area contributed by atoms with Gasteiger partial charge in [-0.1, -0.05) is 0 Å². The van der Waals surface area contributed by atoms with Crippen molar-refractivity contribution in [3.8, 4) is 5.75 Å². The van der Waals surface area contributed by atoms with Crippen LogP contribution in [0.25, 0.3) is 10.9 Å². The lowest BCUT2D eigenvalue weighted by Crippen LogP contribution is -2.47. The van der Waals surface area contributed by atoms with Gasteiger partial charge in [0.25, 0.3) is 0 Å². The summed E-state index contributed by atoms with van der Waals surface area (Å²) in [5, 5.41) is 1.19. The van der Waals surface area contributed by atoms with Gasteiger partial charge in [0.1, 0.15) is 11.9 Å². The molecule has 2 aliphatic heterocycles. The number of nitrogens with one attached hydrogen (secondary N) is 1. The zero-order valence-corrected chi connectivity index (χ0v) is 12.1. The van der Waals surface area contributed by atoms with Crippen molar-refractivity contribution < 1.29 is 14.2 Å². The number of ether oxygens (including phenoxy) is 3. The third-order valence-electron chi connectivity index (χ3n) is 4.68. The molecule has 1 atom stereocenters. The van der Waals surface area contributed by atoms with Gasteiger partial charge in [-0.25, -0.2) is 0 Å². The fraction of sp³-hybridized carbons (Fsp3) is 0.529. The molecule has 2 aromatic rings. The van der Waals surface area contributed by atoms with Crippen LogP contribution in [0.5, 0.6) is 5.75 Å². The minimum absolute atomic E-state index is 0.0145. The van der Waals surface area contributed by atoms with Crippen LogP contribution in [0.1, 0.15) is 25.7 Å². The second-order valence-corrected chi connectivity index (χ2v) is 6.10. The molecule has 1 unspecified atom stereocenters. The number of aromatic nitrogens is 1. The molecule has 1 aromatic heterocycles. The summed E-state index contributed by atoms with van der Waals surface area (Å²) in [6, 6.07) is 8.31. The fourth-order valence-corrected chi connectivity index (χ4v) is 3.47. The van der Waals surface area contributed by atoms with Crippen molar-refractivity contribution in [2.24, 2.45) is 0 Å². The van der Waals surface area contributed by atoms with Gasteiger partial charge in [0.15, 0.2) is 0 Å². The number of aromatic amines is 1. The number of benzene rings is 1. The van der Waals surface area contributed by atoms with E-state index in [1.807, 2.05) is 12.3 Å². The van der Waals surface area contributed by atoms with Crippen molar-refractivity contribution in [1.29, 1.82) is 0 Å². The molecule has 2 saturated heterocycles. The van der Waals surface area contributed by atoms with Gasteiger partial charge in [0.2, 0.25) is 0 Å². The molecule has 2 fully saturated rings. The molecule has 1 N–H and O–H groups in total. The van der Waals surface area contributed by atoms with E-state index in [0.717, 1.165) is 56.8 Å². The van der Waals surface area contributed by atoms with Gasteiger partial charge in [-0.05, 0) is 37.1 Å². The third-order valence-corrected chi connectivity index (χ3v) is 4.68. The first-order chi connectivity index (χ1) is 10.3. The largest absolute Gasteiger partial charge is 0.490 e. The van der Waals surface area contributed by atoms with Gasteiger partial charge in [-0.15, -0.1) is 0 Å². The van der Waals surface area contributed by atoms with Crippen LogP contribution < -0.4 is 4.74 Å². The Balaban J connectivity index is 1.48. The van der Waals surface area contributed by atoms with Crippen LogP contribution >= 0.6 is 0 Å². The van der Waals surface area contributed by atoms with E-state index in [9.17, 15) is 0 Å². The predicted octanol–water partition coefficient (Wildman–Crippen LogP) is 3.27. The van der Waals surface area contributed by atoms with Crippen molar-refractivity contribution in [2.45, 2.75) is 37.4 Å². The second kappa shape index (κ2) is 5.35. The molecule has 0 radical (unpaired) electrons. The van der Waals surface area contributed by atoms with Crippen molar-refractivity contribution in [3.63, 3.8) is 0 Å². The summed E-state index contributed by atoms with van der Waals surface area (Å²) < 4.78 is 17.8. The van der Waals surface area contributed by atoms with Crippen molar-refractivity contribution in [3.05, 3.63) is 30.5 Å². The molecule has 0 aliphatic carbocycles. The van der Waals surface area contributed by atoms with Gasteiger partial charge in [-0.2, -0.15) is 0 Å². The zero-order valence-electron chi connectivity index (χ0n) is 12.1. The summed E-state index contributed by atoms with van der Waals surface area (Å²) in [4.78, 5) is 3.21. The molecule has 0 amide bonds. The molecule has 0 saturated carbocycles. The molecule has 4 heteroatoms. The highest BCUT2D eigenvalue weighted by molar-refractivity contribution is 5.80. The van der Waals surface area contributed by atoms with E-state index < -0.39 is 0 Å². The third kappa shape index (κ3) is 2.65. The van der Waals surface area contributed by atoms with Crippen LogP contribution in [-0.4, -0.2) is 36.5 Å². The van der Waals surface area contributed by atoms with Crippen LogP contribution in [0.4, 0.5) is 0 Å². The maximum atomic E-state index is 6.23. The molecule has 4 rings (SSSR count). The van der Waals surface area contributed by atoms with Gasteiger partial charge in [0, 0.05) is 43.2 Å². The first kappa shape index (κ1) is 13.2. The Morgan fingerprint density at radius 1 is 1.14 bits per heavy atom. The van der Waals surface area contributed by atoms with Gasteiger partial charge in [0.05, 0.1) is 12.2 Å². The van der Waals surface area contributed by atoms with Gasteiger partial charge < -0.3 is 19.2 Å². The monoisotopic (exact) mass is 287 g/mol. The molecule has 1 aromatic carbocycles. The summed E-state index contributed by atoms with van der Waals surface area (Å²) in [5.74, 6) is 0.955. The Kier molecular flexibility index (Phi) is 3.36. The topological polar surface area (TPSA) is 43.5 Å². The number of rotatable bonds is 2. The minimum Gasteiger partial charge on any atom is -0.490 e. The number of hydrogen-bond acceptors (Lipinski definition) is 3. The Labute approximate surface area is 124 Å². The fourth-order valence-electron chi connectivity index (χ4n) is 3.47. The lowest BCUT2D eigenvalue weighted by Gasteiger charge is -2.43. The van der Waals surface area contributed by atoms with Gasteiger partial charge in [-0.3, -0.25) is 0 Å². The van der Waals surface area contributed by atoms with E-state index in [4.69, 9.17) is 14.2 Å². The summed E-state index contributed by atoms with van der Waals surface area (Å²) >= 11 is 0. The molecule has 21 heavy (non-hydrogen) atoms. The molecule has 4 nitrogen and oxygen atoms in total. The van der Waals surface area contributed by atoms with Crippen LogP contribution in [0.2, 0.25) is 0 Å². The van der Waals surface area contributed by atoms with E-state index in [1.54, 1.807) is 0 Å². The van der Waals surface area contributed by atoms with Gasteiger partial charge >= 0.3 is 0 Å². The smallest absolute Gasteiger partial charge is 0.120 e. The Morgan fingerprint density at radius 2 is 2.05 bits per heavy atom. The average Bonchev–Trinajstić information content (AvgIpc) is 2.96. The van der Waals surface area contributed by atoms with E-state index in [0.29, 0.717) is 0 Å². The van der Waals surface area contributed by atoms with Crippen molar-refractivity contribution in [1.82, 2.24) is 4.98 Å². The van der Waals surface area contributed by atoms with Crippen LogP contribution in [0.15, 0.2) is 30.5 Å². The van der Waals surface area contributed by atoms with E-state index >= 15 is 0 Å². The standard InChI is InChI=1S/C17H21NO3/c1-2-16-13(3-7-18-16)11-14(1)21-15-4-8-20-17(12-15)5-9-19-10-6-17/h1-3,7,11,15,18H,4-6,8-10,12H2. The normalized spacial score (nSPS) is 25.2. The summed E-state index contributed by atoms with van der Waals surface area (Å²) in [6.07, 6.45) is 6.12. The highest BCUT2D eigenvalue weighted by Gasteiger charge is 2.39. The summed E-state index contributed by atoms with van der Waals surface area (Å²) in [7, 11) is 0. The number of fused-ring (bicyclic) bond motifs is 1. The van der Waals surface area contributed by atoms with E-state index in [2.05, 4.69) is 23.2 Å². The quantitative estimate of drug-likeness (QED) is 0.922. The maximum Gasteiger partial charge on any atom is 0.120 e. The first-order valence-electron chi connectivity index (χ1n) is 7.79. The molecule has 2 aliphatic rings. The second-order valence-electron chi connectivity index (χ2n) is 6.10. The van der Waals surface area contributed by atoms with Crippen LogP contribution in [-0.2, 0) is 9.47 Å². The molecular weight excluding hydrogens is 266 g/mol. The molecule has 3 heterocycles. The number of H-pyrrole nitrogens is 1. The van der Waals surface area contributed by atoms with Crippen LogP contribution in [0, 0.1) is 0 Å². The highest BCUT2D eigenvalue weighted by atomic mass is 16.5. The molecule has 1 spiro atoms. The first-order valence-corrected chi connectivity index (χ1v) is 7.79. The zero-order chi connectivity index (χ0) is 14.1. The van der Waals surface area contributed by atoms with Crippen LogP contribution in [0.3, 0.4) is 0 Å². The summed E-state index contributed by atoms with van der Waals surface area (Å²) in [6.45, 7) is 2.40. The van der Waals surface area contributed by atoms with Crippen molar-refractivity contribution in [2.75, 3.05) is 19.8 Å². The molecule has 112 valence electrons. The highest BCUT2D eigenvalue weighted by Crippen LogP contribution is 2.36. The Morgan fingerprint density at radius 3 is 2.95 bits per heavy atom. The molecule has 0 bridgehead atoms. The minimum atomic E-state index is -0.0145. The lowest BCUT2D eigenvalue weighted by molar-refractivity contribution is -0.155. The average molecular weight is 287 g/mol. The van der Waals surface area contributed by atoms with Crippen molar-refractivity contribution >= 4 is 10.9 Å². The maximum absolute atomic E-state index is 6.23. The van der Waals surface area contributed by atoms with E-state index in [-0.39, 0.29) is 11.7 Å². The lowest BCUT2D eigenvalue weighted by atomic mass is 9.85. The van der Waals surface area contributed by atoms with E-state index in [1.165, 1.54) is 5.39 Å². The number of hydrogen-bond donors (Lipinski definition) is 1. The molecular formula is C17H21NO3. The summed E-state index contributed by atoms with van der Waals surface area (Å²) in [5.41, 5.74) is 1.13. The Bertz CT molecular complexity index is 610.